The molecule has 0 saturated heterocycles. The molecule has 1 aromatic carbocycles. The van der Waals surface area contributed by atoms with Crippen molar-refractivity contribution in [2.75, 3.05) is 11.1 Å². The second-order valence-electron chi connectivity index (χ2n) is 8.36. The van der Waals surface area contributed by atoms with Crippen molar-refractivity contribution < 1.29 is 31.5 Å². The summed E-state index contributed by atoms with van der Waals surface area (Å²) >= 11 is 0. The maximum absolute atomic E-state index is 15.0. The Morgan fingerprint density at radius 2 is 1.71 bits per heavy atom. The van der Waals surface area contributed by atoms with Crippen LogP contribution in [0.1, 0.15) is 27.3 Å². The minimum absolute atomic E-state index is 0.0202. The van der Waals surface area contributed by atoms with Gasteiger partial charge in [0, 0.05) is 36.4 Å². The zero-order chi connectivity index (χ0) is 29.9. The topological polar surface area (TPSA) is 121 Å². The molecule has 4 heterocycles. The maximum atomic E-state index is 15.0. The minimum atomic E-state index is -5.11. The number of alkyl halides is 3. The van der Waals surface area contributed by atoms with Gasteiger partial charge in [-0.05, 0) is 42.3 Å². The van der Waals surface area contributed by atoms with Crippen LogP contribution in [0, 0.1) is 23.5 Å². The van der Waals surface area contributed by atoms with Crippen LogP contribution in [0.3, 0.4) is 0 Å². The lowest BCUT2D eigenvalue weighted by molar-refractivity contribution is -0.143. The lowest BCUT2D eigenvalue weighted by Gasteiger charge is -2.13. The fraction of sp³-hybridized carbons (Fsp3) is 0.0357. The number of pyridine rings is 3. The van der Waals surface area contributed by atoms with E-state index in [9.17, 15) is 26.7 Å². The van der Waals surface area contributed by atoms with Crippen molar-refractivity contribution >= 4 is 17.4 Å². The van der Waals surface area contributed by atoms with Crippen molar-refractivity contribution in [2.45, 2.75) is 6.18 Å². The van der Waals surface area contributed by atoms with Gasteiger partial charge >= 0.3 is 6.18 Å². The van der Waals surface area contributed by atoms with Crippen molar-refractivity contribution in [1.82, 2.24) is 24.7 Å². The summed E-state index contributed by atoms with van der Waals surface area (Å²) in [5.74, 6) is 1.33. The third-order valence-corrected chi connectivity index (χ3v) is 5.55. The number of anilines is 2. The van der Waals surface area contributed by atoms with Crippen molar-refractivity contribution in [2.24, 2.45) is 0 Å². The van der Waals surface area contributed by atoms with Crippen LogP contribution in [0.4, 0.5) is 33.5 Å². The van der Waals surface area contributed by atoms with Gasteiger partial charge in [0.1, 0.15) is 22.8 Å². The third kappa shape index (κ3) is 5.85. The zero-order valence-corrected chi connectivity index (χ0v) is 21.0. The highest BCUT2D eigenvalue weighted by Gasteiger charge is 2.41. The monoisotopic (exact) mass is 577 g/mol. The SMILES string of the molecule is Nc1nccc(Oc2ccc(NC(=O)c3cnn(-c4ncccc4F)c3C(F)(F)F)cc2F)c1C#Cc1ccccn1. The summed E-state index contributed by atoms with van der Waals surface area (Å²) in [5.41, 5.74) is 3.86. The number of carbonyl (C=O) groups is 1. The van der Waals surface area contributed by atoms with E-state index in [2.05, 4.69) is 37.2 Å². The van der Waals surface area contributed by atoms with Gasteiger partial charge in [-0.3, -0.25) is 4.79 Å². The molecule has 0 bridgehead atoms. The fourth-order valence-corrected chi connectivity index (χ4v) is 3.69. The van der Waals surface area contributed by atoms with Crippen LogP contribution in [0.25, 0.3) is 5.82 Å². The molecule has 0 spiro atoms. The number of amides is 1. The van der Waals surface area contributed by atoms with Crippen molar-refractivity contribution in [1.29, 1.82) is 0 Å². The number of nitrogen functional groups attached to an aromatic ring is 1. The Hall–Kier alpha value is -5.84. The molecule has 0 atom stereocenters. The number of hydrogen-bond acceptors (Lipinski definition) is 7. The fourth-order valence-electron chi connectivity index (χ4n) is 3.69. The van der Waals surface area contributed by atoms with E-state index in [1.165, 1.54) is 24.4 Å². The van der Waals surface area contributed by atoms with Gasteiger partial charge in [0.25, 0.3) is 5.91 Å². The lowest BCUT2D eigenvalue weighted by Crippen LogP contribution is -2.21. The van der Waals surface area contributed by atoms with Gasteiger partial charge in [0.05, 0.1) is 11.8 Å². The molecule has 9 nitrogen and oxygen atoms in total. The number of nitrogens with one attached hydrogen (secondary N) is 1. The number of ether oxygens (including phenoxy) is 1. The largest absolute Gasteiger partial charge is 0.453 e. The van der Waals surface area contributed by atoms with Crippen molar-refractivity contribution in [3.05, 3.63) is 114 Å². The zero-order valence-electron chi connectivity index (χ0n) is 21.0. The highest BCUT2D eigenvalue weighted by atomic mass is 19.4. The molecule has 5 aromatic rings. The summed E-state index contributed by atoms with van der Waals surface area (Å²) in [6, 6.07) is 11.8. The van der Waals surface area contributed by atoms with Gasteiger partial charge in [-0.15, -0.1) is 0 Å². The first-order valence-corrected chi connectivity index (χ1v) is 11.8. The molecule has 0 fully saturated rings. The van der Waals surface area contributed by atoms with Crippen LogP contribution < -0.4 is 15.8 Å². The van der Waals surface area contributed by atoms with Gasteiger partial charge in [-0.1, -0.05) is 12.0 Å². The number of nitrogens with two attached hydrogens (primary N) is 1. The molecule has 42 heavy (non-hydrogen) atoms. The number of halogens is 5. The molecule has 14 heteroatoms. The summed E-state index contributed by atoms with van der Waals surface area (Å²) < 4.78 is 76.7. The van der Waals surface area contributed by atoms with Crippen LogP contribution in [-0.4, -0.2) is 30.6 Å². The van der Waals surface area contributed by atoms with Gasteiger partial charge in [-0.2, -0.15) is 18.3 Å². The average molecular weight is 577 g/mol. The number of aromatic nitrogens is 5. The van der Waals surface area contributed by atoms with E-state index in [0.29, 0.717) is 11.9 Å². The van der Waals surface area contributed by atoms with Crippen LogP contribution >= 0.6 is 0 Å². The molecule has 210 valence electrons. The van der Waals surface area contributed by atoms with E-state index < -0.39 is 40.8 Å². The Balaban J connectivity index is 1.39. The summed E-state index contributed by atoms with van der Waals surface area (Å²) in [7, 11) is 0. The first-order valence-electron chi connectivity index (χ1n) is 11.8. The molecule has 0 unspecified atom stereocenters. The highest BCUT2D eigenvalue weighted by Crippen LogP contribution is 2.35. The first-order chi connectivity index (χ1) is 20.1. The van der Waals surface area contributed by atoms with Crippen molar-refractivity contribution in [3.8, 4) is 29.2 Å². The standard InChI is InChI=1S/C28H16F5N7O2/c29-20-5-3-12-37-26(20)40-24(28(31,32)33)19(15-38-40)27(41)39-17-7-9-23(21(30)14-17)42-22-10-13-36-25(34)18(22)8-6-16-4-1-2-11-35-16/h1-5,7,9-15H,(H2,34,36)(H,39,41). The smallest absolute Gasteiger partial charge is 0.434 e. The predicted molar refractivity (Wildman–Crippen MR) is 140 cm³/mol. The van der Waals surface area contributed by atoms with Crippen LogP contribution in [0.5, 0.6) is 11.5 Å². The molecular formula is C28H16F5N7O2. The molecule has 0 saturated carbocycles. The normalized spacial score (nSPS) is 11.0. The Bertz CT molecular complexity index is 1850. The van der Waals surface area contributed by atoms with E-state index in [1.807, 2.05) is 0 Å². The Morgan fingerprint density at radius 1 is 0.905 bits per heavy atom. The van der Waals surface area contributed by atoms with Gasteiger partial charge in [0.15, 0.2) is 28.9 Å². The second-order valence-corrected chi connectivity index (χ2v) is 8.36. The number of benzene rings is 1. The van der Waals surface area contributed by atoms with Crippen molar-refractivity contribution in [3.63, 3.8) is 0 Å². The van der Waals surface area contributed by atoms with E-state index in [4.69, 9.17) is 10.5 Å². The molecule has 4 aromatic heterocycles. The maximum Gasteiger partial charge on any atom is 0.434 e. The number of nitrogens with zero attached hydrogens (tertiary/aromatic N) is 5. The van der Waals surface area contributed by atoms with Crippen LogP contribution in [0.2, 0.25) is 0 Å². The molecule has 5 rings (SSSR count). The minimum Gasteiger partial charge on any atom is -0.453 e. The van der Waals surface area contributed by atoms with Gasteiger partial charge < -0.3 is 15.8 Å². The number of carbonyl (C=O) groups excluding carboxylic acids is 1. The molecule has 0 aliphatic carbocycles. The number of rotatable bonds is 5. The van der Waals surface area contributed by atoms with E-state index in [1.54, 1.807) is 24.4 Å². The number of hydrogen-bond donors (Lipinski definition) is 2. The second kappa shape index (κ2) is 11.3. The Labute approximate surface area is 233 Å². The molecular weight excluding hydrogens is 561 g/mol. The molecule has 1 amide bonds. The van der Waals surface area contributed by atoms with Crippen LogP contribution in [0.15, 0.2) is 79.4 Å². The predicted octanol–water partition coefficient (Wildman–Crippen LogP) is 5.38. The first kappa shape index (κ1) is 27.7. The third-order valence-electron chi connectivity index (χ3n) is 5.55. The Morgan fingerprint density at radius 3 is 2.43 bits per heavy atom. The summed E-state index contributed by atoms with van der Waals surface area (Å²) in [4.78, 5) is 24.4. The summed E-state index contributed by atoms with van der Waals surface area (Å²) in [6.45, 7) is 0. The highest BCUT2D eigenvalue weighted by molar-refractivity contribution is 6.05. The summed E-state index contributed by atoms with van der Waals surface area (Å²) in [5, 5.41) is 5.69. The lowest BCUT2D eigenvalue weighted by atomic mass is 10.2. The molecule has 0 aliphatic heterocycles. The van der Waals surface area contributed by atoms with Gasteiger partial charge in [0.2, 0.25) is 0 Å². The molecule has 3 N–H and O–H groups in total. The Kier molecular flexibility index (Phi) is 7.48. The van der Waals surface area contributed by atoms with E-state index in [0.717, 1.165) is 24.4 Å². The van der Waals surface area contributed by atoms with E-state index in [-0.39, 0.29) is 33.2 Å². The molecule has 0 aliphatic rings. The van der Waals surface area contributed by atoms with Crippen LogP contribution in [-0.2, 0) is 6.18 Å². The summed E-state index contributed by atoms with van der Waals surface area (Å²) in [6.07, 6.45) is -0.539. The quantitative estimate of drug-likeness (QED) is 0.213. The van der Waals surface area contributed by atoms with E-state index >= 15 is 0 Å². The molecule has 0 radical (unpaired) electrons. The van der Waals surface area contributed by atoms with Gasteiger partial charge in [-0.25, -0.2) is 28.4 Å². The average Bonchev–Trinajstić information content (AvgIpc) is 3.41.